The molecule has 0 aromatic heterocycles. The van der Waals surface area contributed by atoms with Crippen molar-refractivity contribution in [3.05, 3.63) is 70.3 Å². The van der Waals surface area contributed by atoms with Crippen molar-refractivity contribution < 1.29 is 9.59 Å². The summed E-state index contributed by atoms with van der Waals surface area (Å²) in [6.45, 7) is 6.02. The number of hydrogen-bond donors (Lipinski definition) is 2. The van der Waals surface area contributed by atoms with Gasteiger partial charge in [0.05, 0.1) is 0 Å². The molecular weight excluding hydrogens is 324 g/mol. The quantitative estimate of drug-likeness (QED) is 0.797. The van der Waals surface area contributed by atoms with Crippen LogP contribution in [-0.2, 0) is 4.79 Å². The van der Waals surface area contributed by atoms with E-state index in [2.05, 4.69) is 22.8 Å². The van der Waals surface area contributed by atoms with Crippen LogP contribution in [0.1, 0.15) is 45.5 Å². The van der Waals surface area contributed by atoms with Gasteiger partial charge in [-0.3, -0.25) is 9.59 Å². The van der Waals surface area contributed by atoms with Gasteiger partial charge in [0.1, 0.15) is 0 Å². The molecule has 2 N–H and O–H groups in total. The molecule has 1 aliphatic carbocycles. The molecule has 0 saturated heterocycles. The van der Waals surface area contributed by atoms with Crippen molar-refractivity contribution in [1.29, 1.82) is 0 Å². The third-order valence-electron chi connectivity index (χ3n) is 4.44. The Hall–Kier alpha value is -2.88. The number of amides is 2. The van der Waals surface area contributed by atoms with Crippen molar-refractivity contribution in [3.63, 3.8) is 0 Å². The van der Waals surface area contributed by atoms with E-state index in [4.69, 9.17) is 0 Å². The number of carbonyl (C=O) groups is 2. The number of carbonyl (C=O) groups excluding carboxylic acids is 2. The van der Waals surface area contributed by atoms with Gasteiger partial charge in [0.25, 0.3) is 5.91 Å². The van der Waals surface area contributed by atoms with Crippen LogP contribution < -0.4 is 10.6 Å². The zero-order valence-electron chi connectivity index (χ0n) is 15.4. The number of nitrogens with one attached hydrogen (secondary N) is 2. The predicted octanol–water partition coefficient (Wildman–Crippen LogP) is 4.16. The summed E-state index contributed by atoms with van der Waals surface area (Å²) in [6.07, 6.45) is 5.40. The van der Waals surface area contributed by atoms with Crippen LogP contribution >= 0.6 is 0 Å². The Labute approximate surface area is 154 Å². The highest BCUT2D eigenvalue weighted by atomic mass is 16.2. The van der Waals surface area contributed by atoms with E-state index < -0.39 is 0 Å². The van der Waals surface area contributed by atoms with Crippen molar-refractivity contribution in [2.45, 2.75) is 39.7 Å². The second-order valence-electron chi connectivity index (χ2n) is 6.97. The summed E-state index contributed by atoms with van der Waals surface area (Å²) >= 11 is 0. The van der Waals surface area contributed by atoms with Gasteiger partial charge >= 0.3 is 0 Å². The standard InChI is InChI=1S/C22H24N2O2/c1-14-12-15(2)21(16(3)13-14)24-20(25)11-6-17-4-7-18(8-5-17)22(26)23-19-9-10-19/h4-8,11-13,19H,9-10H2,1-3H3,(H,23,26)(H,24,25)/b11-6+. The molecule has 2 amide bonds. The fourth-order valence-corrected chi connectivity index (χ4v) is 2.96. The first-order chi connectivity index (χ1) is 12.4. The average molecular weight is 348 g/mol. The SMILES string of the molecule is Cc1cc(C)c(NC(=O)/C=C/c2ccc(C(=O)NC3CC3)cc2)c(C)c1. The Morgan fingerprint density at radius 3 is 2.19 bits per heavy atom. The molecule has 2 aromatic carbocycles. The van der Waals surface area contributed by atoms with E-state index in [9.17, 15) is 9.59 Å². The Bertz CT molecular complexity index is 839. The minimum atomic E-state index is -0.171. The third-order valence-corrected chi connectivity index (χ3v) is 4.44. The van der Waals surface area contributed by atoms with E-state index in [1.807, 2.05) is 32.9 Å². The maximum Gasteiger partial charge on any atom is 0.251 e. The van der Waals surface area contributed by atoms with Gasteiger partial charge in [-0.2, -0.15) is 0 Å². The second kappa shape index (κ2) is 7.56. The fraction of sp³-hybridized carbons (Fsp3) is 0.273. The normalized spacial score (nSPS) is 13.7. The molecule has 0 atom stereocenters. The van der Waals surface area contributed by atoms with Gasteiger partial charge in [0, 0.05) is 23.4 Å². The van der Waals surface area contributed by atoms with Gasteiger partial charge in [-0.15, -0.1) is 0 Å². The van der Waals surface area contributed by atoms with Gasteiger partial charge < -0.3 is 10.6 Å². The molecule has 0 radical (unpaired) electrons. The van der Waals surface area contributed by atoms with E-state index in [0.29, 0.717) is 11.6 Å². The van der Waals surface area contributed by atoms with Gasteiger partial charge in [0.2, 0.25) is 5.91 Å². The fourth-order valence-electron chi connectivity index (χ4n) is 2.96. The van der Waals surface area contributed by atoms with E-state index in [0.717, 1.165) is 35.2 Å². The van der Waals surface area contributed by atoms with Crippen LogP contribution in [0.15, 0.2) is 42.5 Å². The Morgan fingerprint density at radius 2 is 1.62 bits per heavy atom. The van der Waals surface area contributed by atoms with Crippen molar-refractivity contribution >= 4 is 23.6 Å². The summed E-state index contributed by atoms with van der Waals surface area (Å²) < 4.78 is 0. The Morgan fingerprint density at radius 1 is 1.00 bits per heavy atom. The van der Waals surface area contributed by atoms with E-state index in [1.54, 1.807) is 18.2 Å². The molecule has 3 rings (SSSR count). The molecule has 1 saturated carbocycles. The monoisotopic (exact) mass is 348 g/mol. The lowest BCUT2D eigenvalue weighted by atomic mass is 10.1. The van der Waals surface area contributed by atoms with Gasteiger partial charge in [0.15, 0.2) is 0 Å². The third kappa shape index (κ3) is 4.60. The number of benzene rings is 2. The lowest BCUT2D eigenvalue weighted by molar-refractivity contribution is -0.111. The Kier molecular flexibility index (Phi) is 5.21. The van der Waals surface area contributed by atoms with Crippen molar-refractivity contribution in [2.24, 2.45) is 0 Å². The molecule has 1 fully saturated rings. The van der Waals surface area contributed by atoms with Crippen LogP contribution in [0.25, 0.3) is 6.08 Å². The number of anilines is 1. The molecule has 0 unspecified atom stereocenters. The lowest BCUT2D eigenvalue weighted by Gasteiger charge is -2.11. The maximum absolute atomic E-state index is 12.2. The Balaban J connectivity index is 1.62. The summed E-state index contributed by atoms with van der Waals surface area (Å²) in [7, 11) is 0. The summed E-state index contributed by atoms with van der Waals surface area (Å²) in [4.78, 5) is 24.2. The topological polar surface area (TPSA) is 58.2 Å². The number of hydrogen-bond acceptors (Lipinski definition) is 2. The summed E-state index contributed by atoms with van der Waals surface area (Å²) in [6, 6.07) is 11.7. The van der Waals surface area contributed by atoms with Crippen LogP contribution in [0.4, 0.5) is 5.69 Å². The molecule has 0 bridgehead atoms. The smallest absolute Gasteiger partial charge is 0.251 e. The molecule has 26 heavy (non-hydrogen) atoms. The van der Waals surface area contributed by atoms with Crippen LogP contribution in [0.2, 0.25) is 0 Å². The first-order valence-corrected chi connectivity index (χ1v) is 8.90. The highest BCUT2D eigenvalue weighted by molar-refractivity contribution is 6.03. The molecule has 0 spiro atoms. The molecule has 0 aliphatic heterocycles. The van der Waals surface area contributed by atoms with E-state index in [-0.39, 0.29) is 11.8 Å². The zero-order chi connectivity index (χ0) is 18.7. The van der Waals surface area contributed by atoms with Gasteiger partial charge in [-0.1, -0.05) is 29.8 Å². The second-order valence-corrected chi connectivity index (χ2v) is 6.97. The molecule has 4 nitrogen and oxygen atoms in total. The van der Waals surface area contributed by atoms with Crippen LogP contribution in [0.5, 0.6) is 0 Å². The summed E-state index contributed by atoms with van der Waals surface area (Å²) in [5, 5.41) is 5.90. The molecule has 0 heterocycles. The van der Waals surface area contributed by atoms with Gasteiger partial charge in [-0.05, 0) is 68.5 Å². The molecular formula is C22H24N2O2. The number of rotatable bonds is 5. The highest BCUT2D eigenvalue weighted by Gasteiger charge is 2.23. The van der Waals surface area contributed by atoms with Crippen LogP contribution in [0.3, 0.4) is 0 Å². The maximum atomic E-state index is 12.2. The van der Waals surface area contributed by atoms with Crippen LogP contribution in [-0.4, -0.2) is 17.9 Å². The highest BCUT2D eigenvalue weighted by Crippen LogP contribution is 2.22. The molecule has 1 aliphatic rings. The molecule has 134 valence electrons. The van der Waals surface area contributed by atoms with Gasteiger partial charge in [-0.25, -0.2) is 0 Å². The van der Waals surface area contributed by atoms with Crippen molar-refractivity contribution in [1.82, 2.24) is 5.32 Å². The average Bonchev–Trinajstić information content (AvgIpc) is 3.40. The molecule has 4 heteroatoms. The van der Waals surface area contributed by atoms with Crippen LogP contribution in [0, 0.1) is 20.8 Å². The zero-order valence-corrected chi connectivity index (χ0v) is 15.4. The minimum absolute atomic E-state index is 0.0360. The summed E-state index contributed by atoms with van der Waals surface area (Å²) in [5.41, 5.74) is 5.66. The van der Waals surface area contributed by atoms with Crippen molar-refractivity contribution in [2.75, 3.05) is 5.32 Å². The first kappa shape index (κ1) is 17.9. The predicted molar refractivity (Wildman–Crippen MR) is 105 cm³/mol. The number of aryl methyl sites for hydroxylation is 3. The lowest BCUT2D eigenvalue weighted by Crippen LogP contribution is -2.25. The summed E-state index contributed by atoms with van der Waals surface area (Å²) in [5.74, 6) is -0.207. The molecule has 2 aromatic rings. The van der Waals surface area contributed by atoms with E-state index in [1.165, 1.54) is 11.6 Å². The first-order valence-electron chi connectivity index (χ1n) is 8.90. The van der Waals surface area contributed by atoms with E-state index >= 15 is 0 Å². The minimum Gasteiger partial charge on any atom is -0.349 e. The van der Waals surface area contributed by atoms with Crippen molar-refractivity contribution in [3.8, 4) is 0 Å². The largest absolute Gasteiger partial charge is 0.349 e.